The lowest BCUT2D eigenvalue weighted by Crippen LogP contribution is -2.33. The normalized spacial score (nSPS) is 17.9. The van der Waals surface area contributed by atoms with Gasteiger partial charge in [0.1, 0.15) is 5.82 Å². The van der Waals surface area contributed by atoms with Gasteiger partial charge in [0.2, 0.25) is 5.88 Å². The van der Waals surface area contributed by atoms with Crippen molar-refractivity contribution in [1.82, 2.24) is 4.98 Å². The summed E-state index contributed by atoms with van der Waals surface area (Å²) in [5.74, 6) is 1.47. The minimum atomic E-state index is 0.0669. The zero-order valence-electron chi connectivity index (χ0n) is 12.7. The molecule has 0 radical (unpaired) electrons. The summed E-state index contributed by atoms with van der Waals surface area (Å²) in [6.07, 6.45) is 1.14. The number of thiophene rings is 1. The second kappa shape index (κ2) is 5.56. The highest BCUT2D eigenvalue weighted by molar-refractivity contribution is 7.10. The first-order valence-electron chi connectivity index (χ1n) is 7.32. The zero-order chi connectivity index (χ0) is 15.0. The topological polar surface area (TPSA) is 51.4 Å². The highest BCUT2D eigenvalue weighted by Gasteiger charge is 2.26. The molecule has 1 unspecified atom stereocenters. The van der Waals surface area contributed by atoms with Crippen molar-refractivity contribution < 1.29 is 4.74 Å². The van der Waals surface area contributed by atoms with E-state index < -0.39 is 0 Å². The number of hydrogen-bond donors (Lipinski definition) is 1. The van der Waals surface area contributed by atoms with Crippen LogP contribution in [0.1, 0.15) is 37.3 Å². The van der Waals surface area contributed by atoms with Crippen LogP contribution in [0.5, 0.6) is 5.88 Å². The zero-order valence-corrected chi connectivity index (χ0v) is 13.5. The van der Waals surface area contributed by atoms with E-state index >= 15 is 0 Å². The van der Waals surface area contributed by atoms with E-state index in [-0.39, 0.29) is 6.10 Å². The highest BCUT2D eigenvalue weighted by atomic mass is 32.1. The van der Waals surface area contributed by atoms with E-state index in [9.17, 15) is 0 Å². The Labute approximate surface area is 129 Å². The van der Waals surface area contributed by atoms with E-state index in [1.54, 1.807) is 0 Å². The third-order valence-corrected chi connectivity index (χ3v) is 4.79. The molecule has 2 aromatic rings. The van der Waals surface area contributed by atoms with Crippen LogP contribution in [0, 0.1) is 0 Å². The molecule has 2 N–H and O–H groups in total. The van der Waals surface area contributed by atoms with Crippen molar-refractivity contribution in [3.8, 4) is 5.88 Å². The summed E-state index contributed by atoms with van der Waals surface area (Å²) < 4.78 is 5.71. The standard InChI is InChI=1S/C16H21N3OS/c1-10(2)20-16-13(17)4-5-15(18-16)19-8-6-14-12(11(19)3)7-9-21-14/h4-5,7,9-11H,6,8,17H2,1-3H3. The Bertz CT molecular complexity index is 638. The molecule has 5 heteroatoms. The molecule has 1 atom stereocenters. The first kappa shape index (κ1) is 14.2. The van der Waals surface area contributed by atoms with Crippen molar-refractivity contribution in [3.63, 3.8) is 0 Å². The second-order valence-corrected chi connectivity index (χ2v) is 6.65. The molecule has 0 saturated heterocycles. The quantitative estimate of drug-likeness (QED) is 0.940. The summed E-state index contributed by atoms with van der Waals surface area (Å²) in [6, 6.07) is 6.43. The maximum atomic E-state index is 5.96. The van der Waals surface area contributed by atoms with Gasteiger partial charge in [-0.3, -0.25) is 0 Å². The van der Waals surface area contributed by atoms with Crippen LogP contribution in [-0.4, -0.2) is 17.6 Å². The molecular formula is C16H21N3OS. The number of nitrogen functional groups attached to an aromatic ring is 1. The summed E-state index contributed by atoms with van der Waals surface area (Å²) in [5, 5.41) is 2.17. The van der Waals surface area contributed by atoms with Crippen LogP contribution >= 0.6 is 11.3 Å². The average Bonchev–Trinajstić information content (AvgIpc) is 2.91. The van der Waals surface area contributed by atoms with Gasteiger partial charge in [-0.2, -0.15) is 4.98 Å². The molecule has 2 aromatic heterocycles. The number of fused-ring (bicyclic) bond motifs is 1. The van der Waals surface area contributed by atoms with Crippen LogP contribution in [0.2, 0.25) is 0 Å². The summed E-state index contributed by atoms with van der Waals surface area (Å²) in [6.45, 7) is 7.17. The maximum Gasteiger partial charge on any atom is 0.239 e. The van der Waals surface area contributed by atoms with Crippen molar-refractivity contribution in [2.24, 2.45) is 0 Å². The molecule has 1 aliphatic heterocycles. The van der Waals surface area contributed by atoms with Gasteiger partial charge in [-0.05, 0) is 56.3 Å². The molecule has 0 spiro atoms. The molecule has 0 fully saturated rings. The van der Waals surface area contributed by atoms with Gasteiger partial charge in [0, 0.05) is 11.4 Å². The number of anilines is 2. The van der Waals surface area contributed by atoms with E-state index in [0.29, 0.717) is 17.6 Å². The predicted octanol–water partition coefficient (Wildman–Crippen LogP) is 3.64. The van der Waals surface area contributed by atoms with Gasteiger partial charge in [0.25, 0.3) is 0 Å². The lowest BCUT2D eigenvalue weighted by molar-refractivity contribution is 0.234. The summed E-state index contributed by atoms with van der Waals surface area (Å²) in [7, 11) is 0. The van der Waals surface area contributed by atoms with E-state index in [2.05, 4.69) is 28.3 Å². The molecule has 4 nitrogen and oxygen atoms in total. The fourth-order valence-corrected chi connectivity index (χ4v) is 3.70. The number of aromatic nitrogens is 1. The Morgan fingerprint density at radius 2 is 2.19 bits per heavy atom. The van der Waals surface area contributed by atoms with Crippen molar-refractivity contribution in [3.05, 3.63) is 34.0 Å². The van der Waals surface area contributed by atoms with E-state index in [1.807, 2.05) is 37.3 Å². The van der Waals surface area contributed by atoms with Crippen LogP contribution in [0.15, 0.2) is 23.6 Å². The Morgan fingerprint density at radius 1 is 1.38 bits per heavy atom. The Kier molecular flexibility index (Phi) is 3.76. The average molecular weight is 303 g/mol. The third kappa shape index (κ3) is 2.70. The van der Waals surface area contributed by atoms with Crippen molar-refractivity contribution in [2.45, 2.75) is 39.3 Å². The fraction of sp³-hybridized carbons (Fsp3) is 0.438. The number of pyridine rings is 1. The Morgan fingerprint density at radius 3 is 2.95 bits per heavy atom. The molecule has 0 saturated carbocycles. The lowest BCUT2D eigenvalue weighted by Gasteiger charge is -2.34. The number of ether oxygens (including phenoxy) is 1. The molecule has 0 amide bonds. The van der Waals surface area contributed by atoms with Gasteiger partial charge in [-0.15, -0.1) is 11.3 Å². The second-order valence-electron chi connectivity index (χ2n) is 5.65. The summed E-state index contributed by atoms with van der Waals surface area (Å²) >= 11 is 1.85. The van der Waals surface area contributed by atoms with Crippen LogP contribution in [0.4, 0.5) is 11.5 Å². The molecule has 3 rings (SSSR count). The van der Waals surface area contributed by atoms with Gasteiger partial charge in [0.15, 0.2) is 0 Å². The van der Waals surface area contributed by atoms with E-state index in [0.717, 1.165) is 18.8 Å². The molecule has 112 valence electrons. The number of nitrogens with zero attached hydrogens (tertiary/aromatic N) is 2. The van der Waals surface area contributed by atoms with Gasteiger partial charge in [0.05, 0.1) is 17.8 Å². The molecule has 3 heterocycles. The summed E-state index contributed by atoms with van der Waals surface area (Å²) in [4.78, 5) is 8.44. The first-order valence-corrected chi connectivity index (χ1v) is 8.20. The third-order valence-electron chi connectivity index (χ3n) is 3.79. The van der Waals surface area contributed by atoms with Gasteiger partial charge >= 0.3 is 0 Å². The first-order chi connectivity index (χ1) is 10.1. The van der Waals surface area contributed by atoms with E-state index in [4.69, 9.17) is 10.5 Å². The van der Waals surface area contributed by atoms with Crippen LogP contribution in [0.3, 0.4) is 0 Å². The van der Waals surface area contributed by atoms with Crippen LogP contribution in [0.25, 0.3) is 0 Å². The molecule has 0 aromatic carbocycles. The smallest absolute Gasteiger partial charge is 0.239 e. The van der Waals surface area contributed by atoms with Crippen molar-refractivity contribution in [2.75, 3.05) is 17.2 Å². The minimum absolute atomic E-state index is 0.0669. The molecule has 21 heavy (non-hydrogen) atoms. The highest BCUT2D eigenvalue weighted by Crippen LogP contribution is 2.36. The van der Waals surface area contributed by atoms with Crippen molar-refractivity contribution in [1.29, 1.82) is 0 Å². The van der Waals surface area contributed by atoms with Crippen LogP contribution in [-0.2, 0) is 6.42 Å². The largest absolute Gasteiger partial charge is 0.473 e. The van der Waals surface area contributed by atoms with Gasteiger partial charge in [-0.1, -0.05) is 0 Å². The number of nitrogens with two attached hydrogens (primary N) is 1. The minimum Gasteiger partial charge on any atom is -0.473 e. The Balaban J connectivity index is 1.91. The SMILES string of the molecule is CC(C)Oc1nc(N2CCc3sccc3C2C)ccc1N. The summed E-state index contributed by atoms with van der Waals surface area (Å²) in [5.41, 5.74) is 7.96. The molecule has 0 bridgehead atoms. The lowest BCUT2D eigenvalue weighted by atomic mass is 10.0. The van der Waals surface area contributed by atoms with Crippen LogP contribution < -0.4 is 15.4 Å². The fourth-order valence-electron chi connectivity index (χ4n) is 2.74. The molecular weight excluding hydrogens is 282 g/mol. The predicted molar refractivity (Wildman–Crippen MR) is 88.2 cm³/mol. The molecule has 1 aliphatic rings. The maximum absolute atomic E-state index is 5.96. The van der Waals surface area contributed by atoms with Crippen molar-refractivity contribution >= 4 is 22.8 Å². The van der Waals surface area contributed by atoms with E-state index in [1.165, 1.54) is 10.4 Å². The number of rotatable bonds is 3. The molecule has 0 aliphatic carbocycles. The van der Waals surface area contributed by atoms with Gasteiger partial charge < -0.3 is 15.4 Å². The monoisotopic (exact) mass is 303 g/mol. The Hall–Kier alpha value is -1.75. The number of hydrogen-bond acceptors (Lipinski definition) is 5. The van der Waals surface area contributed by atoms with Gasteiger partial charge in [-0.25, -0.2) is 0 Å².